The Labute approximate surface area is 160 Å². The van der Waals surface area contributed by atoms with E-state index in [1.54, 1.807) is 12.5 Å². The van der Waals surface area contributed by atoms with Crippen LogP contribution in [0.4, 0.5) is 0 Å². The average molecular weight is 410 g/mol. The van der Waals surface area contributed by atoms with E-state index in [-0.39, 0.29) is 25.7 Å². The van der Waals surface area contributed by atoms with Crippen LogP contribution in [0.5, 0.6) is 0 Å². The van der Waals surface area contributed by atoms with Gasteiger partial charge in [-0.2, -0.15) is 23.5 Å². The summed E-state index contributed by atoms with van der Waals surface area (Å²) in [5.74, 6) is -3.87. The maximum Gasteiger partial charge on any atom is 0.331 e. The van der Waals surface area contributed by atoms with E-state index in [1.807, 2.05) is 0 Å². The predicted octanol–water partition coefficient (Wildman–Crippen LogP) is -0.697. The number of carbonyl (C=O) groups excluding carboxylic acids is 2. The van der Waals surface area contributed by atoms with Crippen LogP contribution in [0.15, 0.2) is 0 Å². The molecule has 0 aromatic rings. The summed E-state index contributed by atoms with van der Waals surface area (Å²) in [5.41, 5.74) is 13.0. The van der Waals surface area contributed by atoms with Crippen LogP contribution in [0, 0.1) is 0 Å². The quantitative estimate of drug-likeness (QED) is 0.228. The second-order valence-electron chi connectivity index (χ2n) is 5.97. The first-order valence-corrected chi connectivity index (χ1v) is 10.6. The number of hydrogen-bond acceptors (Lipinski definition) is 9. The summed E-state index contributed by atoms with van der Waals surface area (Å²) >= 11 is 2.68. The Morgan fingerprint density at radius 2 is 1.35 bits per heavy atom. The molecule has 0 aliphatic heterocycles. The molecule has 11 heteroatoms. The third-order valence-corrected chi connectivity index (χ3v) is 5.35. The highest BCUT2D eigenvalue weighted by molar-refractivity contribution is 7.98. The van der Waals surface area contributed by atoms with E-state index in [9.17, 15) is 29.4 Å². The second-order valence-corrected chi connectivity index (χ2v) is 7.94. The molecule has 9 nitrogen and oxygen atoms in total. The number of aliphatic carboxylic acids is 2. The zero-order chi connectivity index (χ0) is 20.5. The van der Waals surface area contributed by atoms with Gasteiger partial charge in [0.05, 0.1) is 6.04 Å². The monoisotopic (exact) mass is 409 g/mol. The van der Waals surface area contributed by atoms with Crippen LogP contribution in [0.1, 0.15) is 25.7 Å². The van der Waals surface area contributed by atoms with Crippen LogP contribution in [0.25, 0.3) is 0 Å². The number of rotatable bonds is 14. The summed E-state index contributed by atoms with van der Waals surface area (Å²) in [4.78, 5) is 47.4. The van der Waals surface area contributed by atoms with Crippen molar-refractivity contribution in [3.8, 4) is 0 Å². The van der Waals surface area contributed by atoms with Crippen molar-refractivity contribution in [2.45, 2.75) is 42.8 Å². The second kappa shape index (κ2) is 10.9. The van der Waals surface area contributed by atoms with E-state index in [0.717, 1.165) is 0 Å². The molecule has 0 spiro atoms. The molecule has 0 aliphatic rings. The molecule has 0 aliphatic carbocycles. The summed E-state index contributed by atoms with van der Waals surface area (Å²) in [5, 5.41) is 18.5. The number of ketones is 2. The minimum Gasteiger partial charge on any atom is -0.480 e. The Hall–Kier alpha value is -1.14. The number of nitrogens with two attached hydrogens (primary N) is 3. The first-order valence-electron chi connectivity index (χ1n) is 7.83. The molecule has 0 fully saturated rings. The molecular weight excluding hydrogens is 382 g/mol. The fraction of sp³-hybridized carbons (Fsp3) is 0.733. The van der Waals surface area contributed by atoms with Gasteiger partial charge in [0.2, 0.25) is 0 Å². The van der Waals surface area contributed by atoms with Crippen LogP contribution in [-0.2, 0) is 19.2 Å². The minimum atomic E-state index is -2.14. The Morgan fingerprint density at radius 1 is 0.923 bits per heavy atom. The van der Waals surface area contributed by atoms with Crippen molar-refractivity contribution in [2.24, 2.45) is 17.2 Å². The van der Waals surface area contributed by atoms with Gasteiger partial charge in [0.25, 0.3) is 0 Å². The van der Waals surface area contributed by atoms with Crippen LogP contribution < -0.4 is 17.2 Å². The first-order chi connectivity index (χ1) is 12.0. The standard InChI is InChI=1S/C15H27N3O6S2/c1-25-7-5-14(17,12(21)22)10(19)4-3-9(16)11(20)15(18,13(23)24)6-8-26-2/h9H,3-8,16-18H2,1-2H3,(H,21,22)(H,23,24). The van der Waals surface area contributed by atoms with E-state index >= 15 is 0 Å². The Bertz CT molecular complexity index is 547. The fourth-order valence-electron chi connectivity index (χ4n) is 2.20. The summed E-state index contributed by atoms with van der Waals surface area (Å²) in [6, 6.07) is -1.31. The highest BCUT2D eigenvalue weighted by Gasteiger charge is 2.45. The van der Waals surface area contributed by atoms with E-state index in [4.69, 9.17) is 17.2 Å². The predicted molar refractivity (Wildman–Crippen MR) is 102 cm³/mol. The van der Waals surface area contributed by atoms with Crippen molar-refractivity contribution in [1.29, 1.82) is 0 Å². The van der Waals surface area contributed by atoms with Crippen LogP contribution in [0.2, 0.25) is 0 Å². The van der Waals surface area contributed by atoms with E-state index < -0.39 is 40.6 Å². The molecule has 0 saturated carbocycles. The molecule has 0 saturated heterocycles. The lowest BCUT2D eigenvalue weighted by Crippen LogP contribution is -2.61. The Kier molecular flexibility index (Phi) is 10.4. The lowest BCUT2D eigenvalue weighted by Gasteiger charge is -2.27. The maximum absolute atomic E-state index is 12.4. The molecule has 0 amide bonds. The molecule has 0 rings (SSSR count). The number of hydrogen-bond donors (Lipinski definition) is 5. The van der Waals surface area contributed by atoms with Crippen molar-refractivity contribution in [1.82, 2.24) is 0 Å². The van der Waals surface area contributed by atoms with Crippen molar-refractivity contribution < 1.29 is 29.4 Å². The van der Waals surface area contributed by atoms with Crippen molar-refractivity contribution in [3.05, 3.63) is 0 Å². The topological polar surface area (TPSA) is 187 Å². The number of carboxylic acid groups (broad SMARTS) is 2. The van der Waals surface area contributed by atoms with Crippen molar-refractivity contribution in [3.63, 3.8) is 0 Å². The normalized spacial score (nSPS) is 17.0. The lowest BCUT2D eigenvalue weighted by molar-refractivity contribution is -0.149. The fourth-order valence-corrected chi connectivity index (χ4v) is 3.25. The summed E-state index contributed by atoms with van der Waals surface area (Å²) in [6.07, 6.45) is 2.75. The zero-order valence-electron chi connectivity index (χ0n) is 14.9. The third-order valence-electron chi connectivity index (χ3n) is 4.12. The van der Waals surface area contributed by atoms with Gasteiger partial charge in [0.1, 0.15) is 0 Å². The largest absolute Gasteiger partial charge is 0.480 e. The summed E-state index contributed by atoms with van der Waals surface area (Å²) in [7, 11) is 0. The first kappa shape index (κ1) is 24.9. The van der Waals surface area contributed by atoms with Gasteiger partial charge < -0.3 is 27.4 Å². The highest BCUT2D eigenvalue weighted by atomic mass is 32.2. The number of Topliss-reactive ketones (excluding diaryl/α,β-unsaturated/α-hetero) is 2. The molecule has 0 heterocycles. The smallest absolute Gasteiger partial charge is 0.331 e. The van der Waals surface area contributed by atoms with Crippen LogP contribution in [-0.4, -0.2) is 74.9 Å². The Balaban J connectivity index is 5.06. The maximum atomic E-state index is 12.4. The van der Waals surface area contributed by atoms with Crippen molar-refractivity contribution in [2.75, 3.05) is 24.0 Å². The molecule has 3 atom stereocenters. The van der Waals surface area contributed by atoms with E-state index in [1.165, 1.54) is 23.5 Å². The average Bonchev–Trinajstić information content (AvgIpc) is 2.60. The van der Waals surface area contributed by atoms with Crippen LogP contribution in [0.3, 0.4) is 0 Å². The lowest BCUT2D eigenvalue weighted by atomic mass is 9.84. The number of carbonyl (C=O) groups is 4. The van der Waals surface area contributed by atoms with Gasteiger partial charge >= 0.3 is 11.9 Å². The highest BCUT2D eigenvalue weighted by Crippen LogP contribution is 2.19. The molecule has 0 aromatic carbocycles. The zero-order valence-corrected chi connectivity index (χ0v) is 16.5. The van der Waals surface area contributed by atoms with Crippen LogP contribution >= 0.6 is 23.5 Å². The van der Waals surface area contributed by atoms with E-state index in [0.29, 0.717) is 11.5 Å². The molecule has 8 N–H and O–H groups in total. The molecular formula is C15H27N3O6S2. The summed E-state index contributed by atoms with van der Waals surface area (Å²) < 4.78 is 0. The molecule has 0 bridgehead atoms. The third kappa shape index (κ3) is 6.23. The van der Waals surface area contributed by atoms with Gasteiger partial charge in [-0.1, -0.05) is 0 Å². The molecule has 150 valence electrons. The molecule has 0 radical (unpaired) electrons. The SMILES string of the molecule is CSCCC(N)(C(=O)O)C(=O)CCC(N)C(=O)C(N)(CCSC)C(=O)O. The van der Waals surface area contributed by atoms with Gasteiger partial charge in [-0.15, -0.1) is 0 Å². The van der Waals surface area contributed by atoms with Gasteiger partial charge in [0, 0.05) is 6.42 Å². The molecule has 3 unspecified atom stereocenters. The molecule has 26 heavy (non-hydrogen) atoms. The summed E-state index contributed by atoms with van der Waals surface area (Å²) in [6.45, 7) is 0. The Morgan fingerprint density at radius 3 is 1.73 bits per heavy atom. The van der Waals surface area contributed by atoms with Crippen molar-refractivity contribution >= 4 is 47.0 Å². The number of thioether (sulfide) groups is 2. The van der Waals surface area contributed by atoms with Gasteiger partial charge in [0.15, 0.2) is 22.6 Å². The minimum absolute atomic E-state index is 0.0603. The van der Waals surface area contributed by atoms with Gasteiger partial charge in [-0.25, -0.2) is 9.59 Å². The molecule has 0 aromatic heterocycles. The van der Waals surface area contributed by atoms with Gasteiger partial charge in [-0.05, 0) is 43.3 Å². The van der Waals surface area contributed by atoms with E-state index in [2.05, 4.69) is 0 Å². The number of carboxylic acids is 2. The van der Waals surface area contributed by atoms with Gasteiger partial charge in [-0.3, -0.25) is 9.59 Å².